The molecular formula is C5H15ClN2. The van der Waals surface area contributed by atoms with Crippen LogP contribution in [0, 0.1) is 0 Å². The number of hydrogen-bond acceptors (Lipinski definition) is 2. The Morgan fingerprint density at radius 2 is 2.25 bits per heavy atom. The van der Waals surface area contributed by atoms with Crippen LogP contribution in [0.3, 0.4) is 0 Å². The summed E-state index contributed by atoms with van der Waals surface area (Å²) < 4.78 is 42.0. The van der Waals surface area contributed by atoms with E-state index in [1.54, 1.807) is 7.05 Å². The molecule has 0 aromatic rings. The second-order valence-electron chi connectivity index (χ2n) is 1.26. The van der Waals surface area contributed by atoms with Crippen LogP contribution >= 0.6 is 12.4 Å². The predicted molar refractivity (Wildman–Crippen MR) is 39.7 cm³/mol. The van der Waals surface area contributed by atoms with E-state index < -0.39 is 14.0 Å². The van der Waals surface area contributed by atoms with Gasteiger partial charge in [0.25, 0.3) is 0 Å². The van der Waals surface area contributed by atoms with Crippen molar-refractivity contribution in [3.05, 3.63) is 0 Å². The Morgan fingerprint density at radius 3 is 2.62 bits per heavy atom. The molecule has 0 heterocycles. The van der Waals surface area contributed by atoms with Gasteiger partial charge in [0.05, 0.1) is 0 Å². The average molecular weight is 145 g/mol. The molecule has 0 amide bonds. The SMILES string of the molecule is Cl.[2H]C([2H])([2H])N(CCNC)C([2H])([2H])[2H]. The first-order chi connectivity index (χ1) is 5.69. The molecule has 0 aliphatic carbocycles. The van der Waals surface area contributed by atoms with Crippen LogP contribution < -0.4 is 5.32 Å². The molecule has 0 spiro atoms. The standard InChI is InChI=1S/C5H14N2.ClH/c1-6-4-5-7(2)3;/h6H,4-5H2,1-3H3;1H/i2D3,3D3;. The minimum absolute atomic E-state index is 0. The van der Waals surface area contributed by atoms with Crippen LogP contribution in [0.2, 0.25) is 0 Å². The zero-order valence-electron chi connectivity index (χ0n) is 10.8. The van der Waals surface area contributed by atoms with Crippen molar-refractivity contribution in [1.29, 1.82) is 0 Å². The van der Waals surface area contributed by atoms with Crippen LogP contribution in [0.5, 0.6) is 0 Å². The third kappa shape index (κ3) is 9.51. The first kappa shape index (κ1) is 2.86. The molecule has 0 saturated carbocycles. The van der Waals surface area contributed by atoms with Crippen molar-refractivity contribution in [2.45, 2.75) is 0 Å². The molecule has 0 saturated heterocycles. The molecule has 0 aromatic heterocycles. The van der Waals surface area contributed by atoms with Crippen LogP contribution in [0.15, 0.2) is 0 Å². The lowest BCUT2D eigenvalue weighted by molar-refractivity contribution is 0.407. The molecule has 0 radical (unpaired) electrons. The fourth-order valence-electron chi connectivity index (χ4n) is 0.224. The predicted octanol–water partition coefficient (Wildman–Crippen LogP) is 0.189. The topological polar surface area (TPSA) is 15.3 Å². The molecule has 8 heavy (non-hydrogen) atoms. The molecular weight excluding hydrogens is 124 g/mol. The molecule has 0 aliphatic heterocycles. The van der Waals surface area contributed by atoms with Gasteiger partial charge in [0.2, 0.25) is 0 Å². The van der Waals surface area contributed by atoms with E-state index in [0.29, 0.717) is 11.4 Å². The fourth-order valence-corrected chi connectivity index (χ4v) is 0.224. The molecule has 1 N–H and O–H groups in total. The minimum Gasteiger partial charge on any atom is -0.318 e. The Bertz CT molecular complexity index is 141. The van der Waals surface area contributed by atoms with E-state index in [1.807, 2.05) is 0 Å². The molecule has 52 valence electrons. The van der Waals surface area contributed by atoms with Gasteiger partial charge < -0.3 is 10.2 Å². The number of likely N-dealkylation sites (N-methyl/N-ethyl adjacent to an activating group) is 2. The van der Waals surface area contributed by atoms with E-state index in [9.17, 15) is 0 Å². The highest BCUT2D eigenvalue weighted by Gasteiger charge is 1.82. The van der Waals surface area contributed by atoms with E-state index in [4.69, 9.17) is 8.22 Å². The highest BCUT2D eigenvalue weighted by Crippen LogP contribution is 1.66. The summed E-state index contributed by atoms with van der Waals surface area (Å²) in [4.78, 5) is 0.524. The summed E-state index contributed by atoms with van der Waals surface area (Å²) >= 11 is 0. The van der Waals surface area contributed by atoms with Crippen molar-refractivity contribution in [1.82, 2.24) is 10.2 Å². The van der Waals surface area contributed by atoms with Gasteiger partial charge in [0, 0.05) is 21.3 Å². The molecule has 0 unspecified atom stereocenters. The lowest BCUT2D eigenvalue weighted by atomic mass is 10.6. The van der Waals surface area contributed by atoms with Gasteiger partial charge >= 0.3 is 0 Å². The number of rotatable bonds is 3. The zero-order valence-corrected chi connectivity index (χ0v) is 5.59. The summed E-state index contributed by atoms with van der Waals surface area (Å²) in [7, 11) is 1.64. The van der Waals surface area contributed by atoms with Crippen molar-refractivity contribution in [3.63, 3.8) is 0 Å². The largest absolute Gasteiger partial charge is 0.318 e. The van der Waals surface area contributed by atoms with Crippen LogP contribution in [0.25, 0.3) is 0 Å². The monoisotopic (exact) mass is 144 g/mol. The van der Waals surface area contributed by atoms with Gasteiger partial charge in [-0.1, -0.05) is 0 Å². The normalized spacial score (nSPS) is 23.2. The van der Waals surface area contributed by atoms with Crippen LogP contribution in [-0.4, -0.2) is 39.0 Å². The molecule has 0 rings (SSSR count). The summed E-state index contributed by atoms with van der Waals surface area (Å²) in [6.07, 6.45) is 0. The van der Waals surface area contributed by atoms with E-state index in [0.717, 1.165) is 0 Å². The second kappa shape index (κ2) is 7.21. The van der Waals surface area contributed by atoms with Crippen LogP contribution in [0.4, 0.5) is 0 Å². The lowest BCUT2D eigenvalue weighted by Crippen LogP contribution is -2.23. The lowest BCUT2D eigenvalue weighted by Gasteiger charge is -2.06. The molecule has 0 fully saturated rings. The van der Waals surface area contributed by atoms with Gasteiger partial charge in [-0.05, 0) is 21.0 Å². The van der Waals surface area contributed by atoms with Gasteiger partial charge in [0.1, 0.15) is 0 Å². The molecule has 3 heteroatoms. The quantitative estimate of drug-likeness (QED) is 0.609. The Labute approximate surface area is 66.1 Å². The van der Waals surface area contributed by atoms with Gasteiger partial charge in [-0.3, -0.25) is 0 Å². The number of halogens is 1. The Kier molecular flexibility index (Phi) is 2.58. The van der Waals surface area contributed by atoms with Crippen LogP contribution in [0.1, 0.15) is 8.22 Å². The summed E-state index contributed by atoms with van der Waals surface area (Å²) in [5.41, 5.74) is 0. The Balaban J connectivity index is 0. The highest BCUT2D eigenvalue weighted by molar-refractivity contribution is 5.85. The first-order valence-electron chi connectivity index (χ1n) is 5.12. The van der Waals surface area contributed by atoms with Crippen LogP contribution in [-0.2, 0) is 0 Å². The minimum atomic E-state index is -2.57. The van der Waals surface area contributed by atoms with Crippen molar-refractivity contribution in [3.8, 4) is 0 Å². The third-order valence-electron chi connectivity index (χ3n) is 0.585. The molecule has 0 bridgehead atoms. The van der Waals surface area contributed by atoms with Crippen molar-refractivity contribution in [2.75, 3.05) is 34.1 Å². The smallest absolute Gasteiger partial charge is 0.0394 e. The first-order valence-corrected chi connectivity index (χ1v) is 2.12. The second-order valence-corrected chi connectivity index (χ2v) is 1.26. The summed E-state index contributed by atoms with van der Waals surface area (Å²) in [6, 6.07) is 0. The van der Waals surface area contributed by atoms with E-state index >= 15 is 0 Å². The summed E-state index contributed by atoms with van der Waals surface area (Å²) in [5.74, 6) is 0. The maximum absolute atomic E-state index is 6.99. The number of nitrogens with zero attached hydrogens (tertiary/aromatic N) is 1. The van der Waals surface area contributed by atoms with E-state index in [1.165, 1.54) is 0 Å². The van der Waals surface area contributed by atoms with Gasteiger partial charge in [-0.25, -0.2) is 0 Å². The molecule has 2 nitrogen and oxygen atoms in total. The van der Waals surface area contributed by atoms with E-state index in [2.05, 4.69) is 5.32 Å². The average Bonchev–Trinajstić information content (AvgIpc) is 1.81. The fraction of sp³-hybridized carbons (Fsp3) is 1.00. The zero-order chi connectivity index (χ0) is 10.7. The summed E-state index contributed by atoms with van der Waals surface area (Å²) in [6.45, 7) is -4.83. The highest BCUT2D eigenvalue weighted by atomic mass is 35.5. The maximum Gasteiger partial charge on any atom is 0.0394 e. The summed E-state index contributed by atoms with van der Waals surface area (Å²) in [5, 5.41) is 2.70. The number of nitrogens with one attached hydrogen (secondary N) is 1. The number of hydrogen-bond donors (Lipinski definition) is 1. The van der Waals surface area contributed by atoms with Gasteiger partial charge in [-0.15, -0.1) is 12.4 Å². The molecule has 0 aliphatic rings. The van der Waals surface area contributed by atoms with Crippen molar-refractivity contribution in [2.24, 2.45) is 0 Å². The molecule has 0 aromatic carbocycles. The third-order valence-corrected chi connectivity index (χ3v) is 0.585. The van der Waals surface area contributed by atoms with Crippen molar-refractivity contribution < 1.29 is 8.22 Å². The van der Waals surface area contributed by atoms with Gasteiger partial charge in [-0.2, -0.15) is 0 Å². The van der Waals surface area contributed by atoms with Gasteiger partial charge in [0.15, 0.2) is 0 Å². The Morgan fingerprint density at radius 1 is 1.62 bits per heavy atom. The maximum atomic E-state index is 6.99. The van der Waals surface area contributed by atoms with E-state index in [-0.39, 0.29) is 19.0 Å². The van der Waals surface area contributed by atoms with Crippen molar-refractivity contribution >= 4 is 12.4 Å². The molecule has 0 atom stereocenters. The Hall–Kier alpha value is 0.210.